The van der Waals surface area contributed by atoms with E-state index in [1.165, 1.54) is 0 Å². The third-order valence-electron chi connectivity index (χ3n) is 3.23. The van der Waals surface area contributed by atoms with E-state index in [1.807, 2.05) is 39.6 Å². The minimum absolute atomic E-state index is 0.00937. The molecule has 1 aromatic heterocycles. The normalized spacial score (nSPS) is 12.2. The molecule has 0 aliphatic heterocycles. The number of rotatable bonds is 6. The Hall–Kier alpha value is -1.63. The quantitative estimate of drug-likeness (QED) is 0.616. The first kappa shape index (κ1) is 18.4. The Morgan fingerprint density at radius 3 is 2.68 bits per heavy atom. The number of nitrogens with one attached hydrogen (secondary N) is 2. The second kappa shape index (κ2) is 8.12. The molecule has 0 saturated heterocycles. The molecule has 0 aliphatic rings. The van der Waals surface area contributed by atoms with Gasteiger partial charge in [0.2, 0.25) is 5.91 Å². The van der Waals surface area contributed by atoms with Crippen LogP contribution in [0.15, 0.2) is 10.4 Å². The number of carbonyl (C=O) groups is 1. The van der Waals surface area contributed by atoms with E-state index in [0.29, 0.717) is 13.1 Å². The molecule has 22 heavy (non-hydrogen) atoms. The predicted molar refractivity (Wildman–Crippen MR) is 92.1 cm³/mol. The van der Waals surface area contributed by atoms with Crippen molar-refractivity contribution in [1.82, 2.24) is 20.5 Å². The second-order valence-electron chi connectivity index (χ2n) is 5.85. The van der Waals surface area contributed by atoms with Crippen LogP contribution >= 0.6 is 11.3 Å². The summed E-state index contributed by atoms with van der Waals surface area (Å²) >= 11 is 1.64. The fourth-order valence-electron chi connectivity index (χ4n) is 1.95. The van der Waals surface area contributed by atoms with Crippen molar-refractivity contribution in [2.45, 2.75) is 34.2 Å². The fourth-order valence-corrected chi connectivity index (χ4v) is 2.55. The lowest BCUT2D eigenvalue weighted by Gasteiger charge is -2.24. The van der Waals surface area contributed by atoms with Crippen molar-refractivity contribution >= 4 is 23.2 Å². The van der Waals surface area contributed by atoms with E-state index < -0.39 is 5.41 Å². The maximum Gasteiger partial charge on any atom is 0.227 e. The Bertz CT molecular complexity index is 524. The van der Waals surface area contributed by atoms with Crippen LogP contribution in [0.2, 0.25) is 0 Å². The van der Waals surface area contributed by atoms with Crippen LogP contribution in [0.25, 0.3) is 0 Å². The molecule has 0 aromatic carbocycles. The van der Waals surface area contributed by atoms with Gasteiger partial charge in [-0.2, -0.15) is 0 Å². The summed E-state index contributed by atoms with van der Waals surface area (Å²) in [7, 11) is 3.62. The van der Waals surface area contributed by atoms with E-state index in [9.17, 15) is 4.79 Å². The summed E-state index contributed by atoms with van der Waals surface area (Å²) in [5, 5.41) is 9.06. The number of carbonyl (C=O) groups excluding carboxylic acids is 1. The molecule has 0 spiro atoms. The van der Waals surface area contributed by atoms with E-state index in [1.54, 1.807) is 18.4 Å². The Kier molecular flexibility index (Phi) is 6.80. The number of nitrogens with zero attached hydrogens (tertiary/aromatic N) is 3. The highest BCUT2D eigenvalue weighted by Gasteiger charge is 2.26. The predicted octanol–water partition coefficient (Wildman–Crippen LogP) is 1.62. The van der Waals surface area contributed by atoms with Crippen molar-refractivity contribution in [3.63, 3.8) is 0 Å². The lowest BCUT2D eigenvalue weighted by molar-refractivity contribution is -0.128. The molecular formula is C15H27N5OS. The van der Waals surface area contributed by atoms with Crippen molar-refractivity contribution in [3.05, 3.63) is 16.1 Å². The van der Waals surface area contributed by atoms with Crippen molar-refractivity contribution < 1.29 is 4.79 Å². The van der Waals surface area contributed by atoms with Gasteiger partial charge in [0.1, 0.15) is 0 Å². The van der Waals surface area contributed by atoms with E-state index in [0.717, 1.165) is 23.2 Å². The van der Waals surface area contributed by atoms with Crippen molar-refractivity contribution in [2.24, 2.45) is 10.4 Å². The molecule has 7 heteroatoms. The Balaban J connectivity index is 2.78. The maximum absolute atomic E-state index is 11.8. The van der Waals surface area contributed by atoms with Gasteiger partial charge in [0.05, 0.1) is 29.2 Å². The molecule has 0 saturated carbocycles. The summed E-state index contributed by atoms with van der Waals surface area (Å²) in [6, 6.07) is 0. The number of aliphatic imine (C=N–C) groups is 1. The zero-order valence-electron chi connectivity index (χ0n) is 14.4. The van der Waals surface area contributed by atoms with Gasteiger partial charge in [0.25, 0.3) is 0 Å². The van der Waals surface area contributed by atoms with Crippen LogP contribution in [-0.2, 0) is 11.3 Å². The Labute approximate surface area is 137 Å². The molecule has 0 atom stereocenters. The van der Waals surface area contributed by atoms with Gasteiger partial charge in [-0.3, -0.25) is 9.79 Å². The number of guanidine groups is 1. The monoisotopic (exact) mass is 325 g/mol. The third kappa shape index (κ3) is 5.29. The van der Waals surface area contributed by atoms with Gasteiger partial charge in [-0.15, -0.1) is 11.3 Å². The molecule has 1 rings (SSSR count). The lowest BCUT2D eigenvalue weighted by atomic mass is 9.93. The van der Waals surface area contributed by atoms with Crippen LogP contribution in [-0.4, -0.2) is 48.9 Å². The summed E-state index contributed by atoms with van der Waals surface area (Å²) in [6.07, 6.45) is 0. The van der Waals surface area contributed by atoms with Crippen molar-refractivity contribution in [3.8, 4) is 0 Å². The largest absolute Gasteiger partial charge is 0.359 e. The van der Waals surface area contributed by atoms with E-state index in [-0.39, 0.29) is 5.91 Å². The van der Waals surface area contributed by atoms with Gasteiger partial charge in [-0.1, -0.05) is 0 Å². The Morgan fingerprint density at radius 1 is 1.50 bits per heavy atom. The molecular weight excluding hydrogens is 298 g/mol. The minimum Gasteiger partial charge on any atom is -0.359 e. The molecule has 6 nitrogen and oxygen atoms in total. The smallest absolute Gasteiger partial charge is 0.227 e. The van der Waals surface area contributed by atoms with Gasteiger partial charge >= 0.3 is 0 Å². The highest BCUT2D eigenvalue weighted by molar-refractivity contribution is 7.09. The fraction of sp³-hybridized carbons (Fsp3) is 0.667. The first-order valence-electron chi connectivity index (χ1n) is 7.42. The summed E-state index contributed by atoms with van der Waals surface area (Å²) in [4.78, 5) is 22.9. The van der Waals surface area contributed by atoms with Crippen LogP contribution < -0.4 is 10.6 Å². The molecule has 0 bridgehead atoms. The SMILES string of the molecule is CCNC(=NCC(C)(C)C(=O)NC)N(C)Cc1csc(C)n1. The summed E-state index contributed by atoms with van der Waals surface area (Å²) < 4.78 is 0. The number of aromatic nitrogens is 1. The van der Waals surface area contributed by atoms with Crippen molar-refractivity contribution in [2.75, 3.05) is 27.2 Å². The standard InChI is InChI=1S/C15H27N5OS/c1-7-17-14(18-10-15(3,4)13(21)16-5)20(6)8-12-9-22-11(2)19-12/h9H,7-8,10H2,1-6H3,(H,16,21)(H,17,18). The molecule has 124 valence electrons. The van der Waals surface area contributed by atoms with E-state index in [2.05, 4.69) is 26.0 Å². The second-order valence-corrected chi connectivity index (χ2v) is 6.91. The topological polar surface area (TPSA) is 69.6 Å². The molecule has 1 aromatic rings. The number of amides is 1. The van der Waals surface area contributed by atoms with Gasteiger partial charge in [-0.05, 0) is 27.7 Å². The summed E-state index contributed by atoms with van der Waals surface area (Å²) in [5.41, 5.74) is 0.495. The van der Waals surface area contributed by atoms with Crippen LogP contribution in [0, 0.1) is 12.3 Å². The first-order valence-corrected chi connectivity index (χ1v) is 8.30. The van der Waals surface area contributed by atoms with Crippen LogP contribution in [0.5, 0.6) is 0 Å². The van der Waals surface area contributed by atoms with Gasteiger partial charge in [0.15, 0.2) is 5.96 Å². The molecule has 2 N–H and O–H groups in total. The lowest BCUT2D eigenvalue weighted by Crippen LogP contribution is -2.41. The zero-order chi connectivity index (χ0) is 16.8. The number of hydrogen-bond acceptors (Lipinski definition) is 4. The van der Waals surface area contributed by atoms with Gasteiger partial charge in [-0.25, -0.2) is 4.98 Å². The average molecular weight is 325 g/mol. The zero-order valence-corrected chi connectivity index (χ0v) is 15.2. The van der Waals surface area contributed by atoms with Crippen LogP contribution in [0.4, 0.5) is 0 Å². The first-order chi connectivity index (χ1) is 10.3. The molecule has 0 aliphatic carbocycles. The summed E-state index contributed by atoms with van der Waals surface area (Å²) in [6.45, 7) is 9.71. The van der Waals surface area contributed by atoms with Crippen LogP contribution in [0.1, 0.15) is 31.5 Å². The number of aryl methyl sites for hydroxylation is 1. The molecule has 1 heterocycles. The average Bonchev–Trinajstić information content (AvgIpc) is 2.87. The summed E-state index contributed by atoms with van der Waals surface area (Å²) in [5.74, 6) is 0.773. The number of hydrogen-bond donors (Lipinski definition) is 2. The van der Waals surface area contributed by atoms with E-state index in [4.69, 9.17) is 0 Å². The molecule has 1 amide bonds. The molecule has 0 fully saturated rings. The third-order valence-corrected chi connectivity index (χ3v) is 4.05. The number of thiazole rings is 1. The van der Waals surface area contributed by atoms with Gasteiger partial charge in [0, 0.05) is 26.0 Å². The molecule has 0 radical (unpaired) electrons. The molecule has 0 unspecified atom stereocenters. The van der Waals surface area contributed by atoms with Crippen molar-refractivity contribution in [1.29, 1.82) is 0 Å². The van der Waals surface area contributed by atoms with E-state index >= 15 is 0 Å². The highest BCUT2D eigenvalue weighted by atomic mass is 32.1. The van der Waals surface area contributed by atoms with Gasteiger partial charge < -0.3 is 15.5 Å². The van der Waals surface area contributed by atoms with Crippen LogP contribution in [0.3, 0.4) is 0 Å². The Morgan fingerprint density at radius 2 is 2.18 bits per heavy atom. The minimum atomic E-state index is -0.534. The highest BCUT2D eigenvalue weighted by Crippen LogP contribution is 2.16. The maximum atomic E-state index is 11.8.